The van der Waals surface area contributed by atoms with Crippen LogP contribution >= 0.6 is 11.3 Å². The quantitative estimate of drug-likeness (QED) is 0.858. The predicted octanol–water partition coefficient (Wildman–Crippen LogP) is 2.97. The molecule has 148 valence electrons. The van der Waals surface area contributed by atoms with E-state index in [1.165, 1.54) is 11.3 Å². The Kier molecular flexibility index (Phi) is 5.73. The van der Waals surface area contributed by atoms with Gasteiger partial charge in [0.2, 0.25) is 0 Å². The van der Waals surface area contributed by atoms with Crippen molar-refractivity contribution in [1.29, 1.82) is 0 Å². The Hall–Kier alpha value is -2.25. The van der Waals surface area contributed by atoms with E-state index >= 15 is 0 Å². The van der Waals surface area contributed by atoms with Gasteiger partial charge in [0.1, 0.15) is 5.69 Å². The highest BCUT2D eigenvalue weighted by atomic mass is 32.1. The van der Waals surface area contributed by atoms with Gasteiger partial charge in [-0.1, -0.05) is 18.2 Å². The first-order valence-electron chi connectivity index (χ1n) is 9.80. The summed E-state index contributed by atoms with van der Waals surface area (Å²) in [5.74, 6) is 0.394. The lowest BCUT2D eigenvalue weighted by atomic mass is 9.79. The van der Waals surface area contributed by atoms with Gasteiger partial charge >= 0.3 is 0 Å². The molecule has 0 radical (unpaired) electrons. The Morgan fingerprint density at radius 2 is 2.04 bits per heavy atom. The molecule has 3 heterocycles. The Bertz CT molecular complexity index is 802. The van der Waals surface area contributed by atoms with Crippen LogP contribution in [0.2, 0.25) is 0 Å². The minimum absolute atomic E-state index is 0.0126. The lowest BCUT2D eigenvalue weighted by Gasteiger charge is -2.46. The molecular formula is C21H25N3O3S. The highest BCUT2D eigenvalue weighted by Crippen LogP contribution is 2.37. The fourth-order valence-electron chi connectivity index (χ4n) is 4.18. The number of rotatable bonds is 4. The minimum Gasteiger partial charge on any atom is -0.375 e. The Morgan fingerprint density at radius 3 is 2.75 bits per heavy atom. The molecule has 4 rings (SSSR count). The van der Waals surface area contributed by atoms with Crippen molar-refractivity contribution >= 4 is 23.2 Å². The molecule has 28 heavy (non-hydrogen) atoms. The van der Waals surface area contributed by atoms with E-state index in [-0.39, 0.29) is 17.4 Å². The maximum absolute atomic E-state index is 12.5. The van der Waals surface area contributed by atoms with Crippen molar-refractivity contribution in [3.05, 3.63) is 52.5 Å². The Labute approximate surface area is 168 Å². The van der Waals surface area contributed by atoms with E-state index in [4.69, 9.17) is 4.74 Å². The van der Waals surface area contributed by atoms with Crippen LogP contribution in [0.3, 0.4) is 0 Å². The molecule has 1 spiro atoms. The standard InChI is InChI=1S/C21H25N3O3S/c25-19(17-4-2-1-3-5-17)22-13-16-6-11-27-21(12-16)7-9-24(10-8-21)20(26)18-14-28-15-23-18/h1-5,14-16H,6-13H2,(H,22,25). The molecule has 2 amide bonds. The number of ether oxygens (including phenoxy) is 1. The number of aromatic nitrogens is 1. The van der Waals surface area contributed by atoms with Crippen LogP contribution in [0.25, 0.3) is 0 Å². The van der Waals surface area contributed by atoms with Crippen LogP contribution in [-0.4, -0.2) is 53.5 Å². The molecule has 2 aliphatic heterocycles. The van der Waals surface area contributed by atoms with Crippen molar-refractivity contribution in [3.8, 4) is 0 Å². The fraction of sp³-hybridized carbons (Fsp3) is 0.476. The number of benzene rings is 1. The highest BCUT2D eigenvalue weighted by molar-refractivity contribution is 7.07. The van der Waals surface area contributed by atoms with E-state index in [1.54, 1.807) is 10.9 Å². The summed E-state index contributed by atoms with van der Waals surface area (Å²) >= 11 is 1.44. The molecular weight excluding hydrogens is 374 g/mol. The van der Waals surface area contributed by atoms with Gasteiger partial charge in [-0.3, -0.25) is 9.59 Å². The Morgan fingerprint density at radius 1 is 1.25 bits per heavy atom. The maximum atomic E-state index is 12.5. The van der Waals surface area contributed by atoms with E-state index in [1.807, 2.05) is 35.2 Å². The second-order valence-electron chi connectivity index (χ2n) is 7.63. The largest absolute Gasteiger partial charge is 0.375 e. The van der Waals surface area contributed by atoms with Crippen LogP contribution in [0, 0.1) is 5.92 Å². The van der Waals surface area contributed by atoms with Gasteiger partial charge in [-0.15, -0.1) is 11.3 Å². The van der Waals surface area contributed by atoms with E-state index < -0.39 is 0 Å². The molecule has 2 aromatic rings. The SMILES string of the molecule is O=C(NCC1CCOC2(CCN(C(=O)c3cscn3)CC2)C1)c1ccccc1. The molecule has 2 saturated heterocycles. The van der Waals surface area contributed by atoms with E-state index in [2.05, 4.69) is 10.3 Å². The molecule has 0 aliphatic carbocycles. The van der Waals surface area contributed by atoms with Gasteiger partial charge in [0.05, 0.1) is 11.1 Å². The van der Waals surface area contributed by atoms with Gasteiger partial charge in [-0.25, -0.2) is 4.98 Å². The summed E-state index contributed by atoms with van der Waals surface area (Å²) in [6.07, 6.45) is 3.57. The minimum atomic E-state index is -0.167. The summed E-state index contributed by atoms with van der Waals surface area (Å²) < 4.78 is 6.18. The average molecular weight is 400 g/mol. The Balaban J connectivity index is 1.29. The van der Waals surface area contributed by atoms with E-state index in [9.17, 15) is 9.59 Å². The lowest BCUT2D eigenvalue weighted by molar-refractivity contribution is -0.122. The van der Waals surface area contributed by atoms with Crippen molar-refractivity contribution in [3.63, 3.8) is 0 Å². The zero-order chi connectivity index (χ0) is 19.4. The zero-order valence-corrected chi connectivity index (χ0v) is 16.6. The maximum Gasteiger partial charge on any atom is 0.273 e. The molecule has 1 aromatic carbocycles. The summed E-state index contributed by atoms with van der Waals surface area (Å²) in [7, 11) is 0. The van der Waals surface area contributed by atoms with Crippen molar-refractivity contribution in [2.45, 2.75) is 31.3 Å². The molecule has 7 heteroatoms. The number of amides is 2. The third kappa shape index (κ3) is 4.25. The molecule has 1 atom stereocenters. The topological polar surface area (TPSA) is 71.5 Å². The number of nitrogens with one attached hydrogen (secondary N) is 1. The number of hydrogen-bond acceptors (Lipinski definition) is 5. The van der Waals surface area contributed by atoms with Crippen molar-refractivity contribution in [1.82, 2.24) is 15.2 Å². The fourth-order valence-corrected chi connectivity index (χ4v) is 4.70. The first kappa shape index (κ1) is 19.1. The molecule has 1 aromatic heterocycles. The highest BCUT2D eigenvalue weighted by Gasteiger charge is 2.41. The second-order valence-corrected chi connectivity index (χ2v) is 8.35. The molecule has 1 N–H and O–H groups in total. The van der Waals surface area contributed by atoms with Gasteiger partial charge in [-0.2, -0.15) is 0 Å². The first-order chi connectivity index (χ1) is 13.7. The van der Waals surface area contributed by atoms with Crippen LogP contribution < -0.4 is 5.32 Å². The van der Waals surface area contributed by atoms with Gasteiger partial charge in [-0.05, 0) is 43.7 Å². The third-order valence-electron chi connectivity index (χ3n) is 5.80. The molecule has 2 fully saturated rings. The number of hydrogen-bond donors (Lipinski definition) is 1. The normalized spacial score (nSPS) is 21.4. The van der Waals surface area contributed by atoms with Crippen molar-refractivity contribution in [2.24, 2.45) is 5.92 Å². The molecule has 1 unspecified atom stereocenters. The summed E-state index contributed by atoms with van der Waals surface area (Å²) in [6.45, 7) is 2.77. The molecule has 0 bridgehead atoms. The summed E-state index contributed by atoms with van der Waals surface area (Å²) in [5, 5.41) is 4.87. The first-order valence-corrected chi connectivity index (χ1v) is 10.7. The van der Waals surface area contributed by atoms with Crippen molar-refractivity contribution in [2.75, 3.05) is 26.2 Å². The van der Waals surface area contributed by atoms with Gasteiger partial charge in [0.25, 0.3) is 11.8 Å². The summed E-state index contributed by atoms with van der Waals surface area (Å²) in [4.78, 5) is 30.8. The zero-order valence-electron chi connectivity index (χ0n) is 15.8. The number of piperidine rings is 1. The summed E-state index contributed by atoms with van der Waals surface area (Å²) in [6, 6.07) is 9.31. The van der Waals surface area contributed by atoms with Crippen LogP contribution in [0.15, 0.2) is 41.2 Å². The average Bonchev–Trinajstić information content (AvgIpc) is 3.28. The van der Waals surface area contributed by atoms with Gasteiger partial charge in [0.15, 0.2) is 0 Å². The smallest absolute Gasteiger partial charge is 0.273 e. The summed E-state index contributed by atoms with van der Waals surface area (Å²) in [5.41, 5.74) is 2.75. The number of thiazole rings is 1. The van der Waals surface area contributed by atoms with E-state index in [0.29, 0.717) is 43.4 Å². The lowest BCUT2D eigenvalue weighted by Crippen LogP contribution is -2.51. The number of carbonyl (C=O) groups is 2. The number of nitrogens with zero attached hydrogens (tertiary/aromatic N) is 2. The molecule has 0 saturated carbocycles. The van der Waals surface area contributed by atoms with E-state index in [0.717, 1.165) is 25.7 Å². The van der Waals surface area contributed by atoms with Gasteiger partial charge < -0.3 is 15.0 Å². The monoisotopic (exact) mass is 399 g/mol. The third-order valence-corrected chi connectivity index (χ3v) is 6.38. The predicted molar refractivity (Wildman–Crippen MR) is 107 cm³/mol. The molecule has 2 aliphatic rings. The van der Waals surface area contributed by atoms with Gasteiger partial charge in [0, 0.05) is 37.2 Å². The number of carbonyl (C=O) groups excluding carboxylic acids is 2. The van der Waals surface area contributed by atoms with Crippen molar-refractivity contribution < 1.29 is 14.3 Å². The van der Waals surface area contributed by atoms with Crippen LogP contribution in [0.4, 0.5) is 0 Å². The number of likely N-dealkylation sites (tertiary alicyclic amines) is 1. The van der Waals surface area contributed by atoms with Crippen LogP contribution in [-0.2, 0) is 4.74 Å². The van der Waals surface area contributed by atoms with Crippen LogP contribution in [0.1, 0.15) is 46.5 Å². The molecule has 6 nitrogen and oxygen atoms in total. The van der Waals surface area contributed by atoms with Crippen LogP contribution in [0.5, 0.6) is 0 Å². The second kappa shape index (κ2) is 8.41.